The van der Waals surface area contributed by atoms with Crippen LogP contribution in [-0.2, 0) is 4.79 Å². The van der Waals surface area contributed by atoms with Crippen molar-refractivity contribution in [2.45, 2.75) is 6.10 Å². The number of rotatable bonds is 9. The molecule has 0 radical (unpaired) electrons. The Morgan fingerprint density at radius 1 is 1.10 bits per heavy atom. The Balaban J connectivity index is 1.36. The number of halogens is 1. The van der Waals surface area contributed by atoms with Crippen LogP contribution in [0.1, 0.15) is 0 Å². The fourth-order valence-corrected chi connectivity index (χ4v) is 3.56. The van der Waals surface area contributed by atoms with Crippen molar-refractivity contribution < 1.29 is 19.4 Å². The highest BCUT2D eigenvalue weighted by atomic mass is 35.5. The lowest BCUT2D eigenvalue weighted by Gasteiger charge is -2.35. The van der Waals surface area contributed by atoms with Crippen molar-refractivity contribution in [2.24, 2.45) is 0 Å². The Morgan fingerprint density at radius 2 is 1.80 bits per heavy atom. The topological polar surface area (TPSA) is 74.3 Å². The molecule has 1 unspecified atom stereocenters. The van der Waals surface area contributed by atoms with Crippen molar-refractivity contribution in [1.29, 1.82) is 0 Å². The number of hydrogen-bond acceptors (Lipinski definition) is 6. The standard InChI is InChI=1S/C22H28ClN3O4/c1-29-20-7-2-3-8-21(20)30-16-19(27)14-25-9-11-26(12-10-25)15-22(28)24-18-6-4-5-17(23)13-18/h2-8,13,19,27H,9-12,14-16H2,1H3,(H,24,28). The number of piperazine rings is 1. The quantitative estimate of drug-likeness (QED) is 0.632. The molecule has 2 N–H and O–H groups in total. The van der Waals surface area contributed by atoms with E-state index in [4.69, 9.17) is 21.1 Å². The van der Waals surface area contributed by atoms with Crippen molar-refractivity contribution >= 4 is 23.2 Å². The number of nitrogens with one attached hydrogen (secondary N) is 1. The van der Waals surface area contributed by atoms with Gasteiger partial charge in [-0.05, 0) is 30.3 Å². The zero-order chi connectivity index (χ0) is 21.3. The number of carbonyl (C=O) groups is 1. The third-order valence-corrected chi connectivity index (χ3v) is 5.14. The molecule has 1 aliphatic heterocycles. The maximum absolute atomic E-state index is 12.2. The summed E-state index contributed by atoms with van der Waals surface area (Å²) in [7, 11) is 1.59. The number of aliphatic hydroxyl groups is 1. The lowest BCUT2D eigenvalue weighted by molar-refractivity contribution is -0.117. The Hall–Kier alpha value is -2.32. The molecular formula is C22H28ClN3O4. The van der Waals surface area contributed by atoms with Crippen LogP contribution in [-0.4, -0.2) is 79.9 Å². The highest BCUT2D eigenvalue weighted by Gasteiger charge is 2.21. The van der Waals surface area contributed by atoms with E-state index in [0.717, 1.165) is 26.2 Å². The van der Waals surface area contributed by atoms with Crippen LogP contribution in [0.5, 0.6) is 11.5 Å². The molecule has 0 saturated carbocycles. The van der Waals surface area contributed by atoms with Gasteiger partial charge in [-0.15, -0.1) is 0 Å². The van der Waals surface area contributed by atoms with Gasteiger partial charge in [-0.2, -0.15) is 0 Å². The molecular weight excluding hydrogens is 406 g/mol. The van der Waals surface area contributed by atoms with Gasteiger partial charge in [0.2, 0.25) is 5.91 Å². The first-order valence-corrected chi connectivity index (χ1v) is 10.4. The summed E-state index contributed by atoms with van der Waals surface area (Å²) >= 11 is 5.95. The first-order chi connectivity index (χ1) is 14.5. The predicted molar refractivity (Wildman–Crippen MR) is 117 cm³/mol. The number of methoxy groups -OCH3 is 1. The van der Waals surface area contributed by atoms with Crippen LogP contribution in [0.25, 0.3) is 0 Å². The summed E-state index contributed by atoms with van der Waals surface area (Å²) in [5, 5.41) is 13.8. The largest absolute Gasteiger partial charge is 0.493 e. The van der Waals surface area contributed by atoms with Gasteiger partial charge in [0.1, 0.15) is 12.7 Å². The van der Waals surface area contributed by atoms with Crippen molar-refractivity contribution in [2.75, 3.05) is 58.3 Å². The minimum Gasteiger partial charge on any atom is -0.493 e. The third-order valence-electron chi connectivity index (χ3n) is 4.91. The summed E-state index contributed by atoms with van der Waals surface area (Å²) < 4.78 is 10.9. The number of hydrogen-bond donors (Lipinski definition) is 2. The minimum absolute atomic E-state index is 0.0593. The van der Waals surface area contributed by atoms with E-state index in [0.29, 0.717) is 35.3 Å². The molecule has 3 rings (SSSR count). The zero-order valence-electron chi connectivity index (χ0n) is 17.1. The molecule has 1 heterocycles. The second kappa shape index (κ2) is 11.2. The molecule has 8 heteroatoms. The molecule has 1 aliphatic rings. The number of benzene rings is 2. The Labute approximate surface area is 182 Å². The van der Waals surface area contributed by atoms with E-state index in [2.05, 4.69) is 15.1 Å². The molecule has 2 aromatic carbocycles. The molecule has 162 valence electrons. The maximum atomic E-state index is 12.2. The lowest BCUT2D eigenvalue weighted by Crippen LogP contribution is -2.50. The smallest absolute Gasteiger partial charge is 0.238 e. The minimum atomic E-state index is -0.604. The summed E-state index contributed by atoms with van der Waals surface area (Å²) in [5.41, 5.74) is 0.698. The normalized spacial score (nSPS) is 16.1. The van der Waals surface area contributed by atoms with E-state index in [1.165, 1.54) is 0 Å². The number of ether oxygens (including phenoxy) is 2. The third kappa shape index (κ3) is 6.88. The molecule has 0 bridgehead atoms. The van der Waals surface area contributed by atoms with Gasteiger partial charge in [-0.3, -0.25) is 14.6 Å². The lowest BCUT2D eigenvalue weighted by atomic mass is 10.2. The van der Waals surface area contributed by atoms with Crippen molar-refractivity contribution in [3.63, 3.8) is 0 Å². The van der Waals surface area contributed by atoms with E-state index >= 15 is 0 Å². The predicted octanol–water partition coefficient (Wildman–Crippen LogP) is 2.34. The van der Waals surface area contributed by atoms with Gasteiger partial charge >= 0.3 is 0 Å². The molecule has 0 aliphatic carbocycles. The Bertz CT molecular complexity index is 828. The van der Waals surface area contributed by atoms with Crippen molar-refractivity contribution in [3.8, 4) is 11.5 Å². The van der Waals surface area contributed by atoms with Crippen LogP contribution < -0.4 is 14.8 Å². The van der Waals surface area contributed by atoms with E-state index in [-0.39, 0.29) is 12.5 Å². The first-order valence-electron chi connectivity index (χ1n) is 9.97. The summed E-state index contributed by atoms with van der Waals surface area (Å²) in [5.74, 6) is 1.21. The average Bonchev–Trinajstić information content (AvgIpc) is 2.74. The maximum Gasteiger partial charge on any atom is 0.238 e. The number of amides is 1. The molecule has 30 heavy (non-hydrogen) atoms. The van der Waals surface area contributed by atoms with Gasteiger partial charge in [0.05, 0.1) is 13.7 Å². The van der Waals surface area contributed by atoms with Crippen LogP contribution in [0.3, 0.4) is 0 Å². The van der Waals surface area contributed by atoms with Gasteiger partial charge in [0, 0.05) is 43.4 Å². The molecule has 1 amide bonds. The van der Waals surface area contributed by atoms with E-state index in [9.17, 15) is 9.90 Å². The Kier molecular flexibility index (Phi) is 8.33. The van der Waals surface area contributed by atoms with Gasteiger partial charge in [-0.25, -0.2) is 0 Å². The number of aliphatic hydroxyl groups excluding tert-OH is 1. The van der Waals surface area contributed by atoms with E-state index < -0.39 is 6.10 Å². The molecule has 1 fully saturated rings. The first kappa shape index (κ1) is 22.4. The van der Waals surface area contributed by atoms with Gasteiger partial charge < -0.3 is 19.9 Å². The fraction of sp³-hybridized carbons (Fsp3) is 0.409. The highest BCUT2D eigenvalue weighted by Crippen LogP contribution is 2.25. The zero-order valence-corrected chi connectivity index (χ0v) is 17.8. The molecule has 2 aromatic rings. The summed E-state index contributed by atoms with van der Waals surface area (Å²) in [6.07, 6.45) is -0.604. The monoisotopic (exact) mass is 433 g/mol. The van der Waals surface area contributed by atoms with Gasteiger partial charge in [0.15, 0.2) is 11.5 Å². The van der Waals surface area contributed by atoms with E-state index in [1.807, 2.05) is 30.3 Å². The number of para-hydroxylation sites is 2. The summed E-state index contributed by atoms with van der Waals surface area (Å²) in [4.78, 5) is 16.5. The fourth-order valence-electron chi connectivity index (χ4n) is 3.37. The summed E-state index contributed by atoms with van der Waals surface area (Å²) in [6.45, 7) is 4.17. The number of β-amino-alcohol motifs (C(OH)–C–C–N with tert-alkyl or cyclic N) is 1. The van der Waals surface area contributed by atoms with Crippen molar-refractivity contribution in [3.05, 3.63) is 53.6 Å². The highest BCUT2D eigenvalue weighted by molar-refractivity contribution is 6.30. The Morgan fingerprint density at radius 3 is 2.50 bits per heavy atom. The van der Waals surface area contributed by atoms with Crippen LogP contribution in [0.2, 0.25) is 5.02 Å². The molecule has 1 atom stereocenters. The van der Waals surface area contributed by atoms with E-state index in [1.54, 1.807) is 25.3 Å². The van der Waals surface area contributed by atoms with Gasteiger partial charge in [0.25, 0.3) is 0 Å². The molecule has 1 saturated heterocycles. The second-order valence-corrected chi connectivity index (χ2v) is 7.69. The second-order valence-electron chi connectivity index (χ2n) is 7.25. The number of anilines is 1. The SMILES string of the molecule is COc1ccccc1OCC(O)CN1CCN(CC(=O)Nc2cccc(Cl)c2)CC1. The average molecular weight is 434 g/mol. The van der Waals surface area contributed by atoms with Gasteiger partial charge in [-0.1, -0.05) is 29.8 Å². The van der Waals surface area contributed by atoms with Crippen molar-refractivity contribution in [1.82, 2.24) is 9.80 Å². The molecule has 0 aromatic heterocycles. The van der Waals surface area contributed by atoms with Crippen LogP contribution in [0.15, 0.2) is 48.5 Å². The van der Waals surface area contributed by atoms with Crippen LogP contribution in [0.4, 0.5) is 5.69 Å². The molecule has 0 spiro atoms. The van der Waals surface area contributed by atoms with Crippen LogP contribution in [0, 0.1) is 0 Å². The van der Waals surface area contributed by atoms with Crippen LogP contribution >= 0.6 is 11.6 Å². The number of carbonyl (C=O) groups excluding carboxylic acids is 1. The molecule has 7 nitrogen and oxygen atoms in total. The summed E-state index contributed by atoms with van der Waals surface area (Å²) in [6, 6.07) is 14.5. The number of nitrogens with zero attached hydrogens (tertiary/aromatic N) is 2.